The fourth-order valence-corrected chi connectivity index (χ4v) is 2.66. The molecular formula is C13H14N2O3S. The van der Waals surface area contributed by atoms with Crippen molar-refractivity contribution in [2.45, 2.75) is 19.0 Å². The summed E-state index contributed by atoms with van der Waals surface area (Å²) in [6.07, 6.45) is 0. The minimum Gasteiger partial charge on any atom is -0.480 e. The first-order valence-electron chi connectivity index (χ1n) is 5.87. The number of nitrogens with zero attached hydrogens (tertiary/aromatic N) is 1. The molecule has 2 N–H and O–H groups in total. The third kappa shape index (κ3) is 3.35. The maximum absolute atomic E-state index is 11.8. The van der Waals surface area contributed by atoms with E-state index in [1.165, 1.54) is 18.7 Å². The van der Waals surface area contributed by atoms with Crippen molar-refractivity contribution in [1.82, 2.24) is 5.32 Å². The number of carboxylic acid groups (broad SMARTS) is 1. The Morgan fingerprint density at radius 2 is 2.11 bits per heavy atom. The van der Waals surface area contributed by atoms with E-state index in [1.807, 2.05) is 30.3 Å². The Morgan fingerprint density at radius 3 is 2.74 bits per heavy atom. The largest absolute Gasteiger partial charge is 0.480 e. The Morgan fingerprint density at radius 1 is 1.42 bits per heavy atom. The second-order valence-corrected chi connectivity index (χ2v) is 5.20. The van der Waals surface area contributed by atoms with Crippen LogP contribution in [0, 0.1) is 0 Å². The zero-order valence-electron chi connectivity index (χ0n) is 10.4. The summed E-state index contributed by atoms with van der Waals surface area (Å²) in [6, 6.07) is 8.22. The lowest BCUT2D eigenvalue weighted by Crippen LogP contribution is -2.43. The lowest BCUT2D eigenvalue weighted by molar-refractivity contribution is -0.141. The molecule has 2 rings (SSSR count). The zero-order chi connectivity index (χ0) is 13.8. The summed E-state index contributed by atoms with van der Waals surface area (Å²) in [7, 11) is 0. The minimum absolute atomic E-state index is 0.340. The van der Waals surface area contributed by atoms with Gasteiger partial charge in [0.1, 0.15) is 12.1 Å². The first kappa shape index (κ1) is 13.6. The fraction of sp³-hybridized carbons (Fsp3) is 0.308. The molecular weight excluding hydrogens is 264 g/mol. The molecule has 6 heteroatoms. The van der Waals surface area contributed by atoms with Gasteiger partial charge in [-0.25, -0.2) is 0 Å². The number of carbonyl (C=O) groups is 2. The van der Waals surface area contributed by atoms with Gasteiger partial charge in [-0.05, 0) is 6.92 Å². The molecule has 100 valence electrons. The molecule has 0 bridgehead atoms. The Balaban J connectivity index is 2.03. The van der Waals surface area contributed by atoms with Gasteiger partial charge in [0, 0.05) is 11.3 Å². The number of aliphatic imine (C=N–C) groups is 1. The van der Waals surface area contributed by atoms with Gasteiger partial charge < -0.3 is 10.4 Å². The molecule has 1 amide bonds. The smallest absolute Gasteiger partial charge is 0.325 e. The highest BCUT2D eigenvalue weighted by molar-refractivity contribution is 8.14. The average Bonchev–Trinajstić information content (AvgIpc) is 2.89. The molecule has 5 nitrogen and oxygen atoms in total. The topological polar surface area (TPSA) is 78.8 Å². The molecule has 0 fully saturated rings. The molecule has 1 aliphatic rings. The van der Waals surface area contributed by atoms with Crippen molar-refractivity contribution in [3.8, 4) is 0 Å². The van der Waals surface area contributed by atoms with Crippen molar-refractivity contribution in [1.29, 1.82) is 0 Å². The number of amides is 1. The summed E-state index contributed by atoms with van der Waals surface area (Å²) in [5, 5.41) is 12.0. The van der Waals surface area contributed by atoms with Gasteiger partial charge in [-0.3, -0.25) is 14.6 Å². The van der Waals surface area contributed by atoms with Gasteiger partial charge in [-0.1, -0.05) is 30.3 Å². The van der Waals surface area contributed by atoms with Gasteiger partial charge >= 0.3 is 5.97 Å². The number of carbonyl (C=O) groups excluding carboxylic acids is 1. The van der Waals surface area contributed by atoms with Crippen LogP contribution < -0.4 is 5.32 Å². The molecule has 1 heterocycles. The van der Waals surface area contributed by atoms with E-state index in [0.29, 0.717) is 5.75 Å². The maximum atomic E-state index is 11.8. The number of carboxylic acids is 1. The molecule has 0 saturated heterocycles. The Hall–Kier alpha value is -1.82. The van der Waals surface area contributed by atoms with E-state index >= 15 is 0 Å². The van der Waals surface area contributed by atoms with E-state index < -0.39 is 18.1 Å². The third-order valence-electron chi connectivity index (χ3n) is 2.70. The molecule has 0 aliphatic carbocycles. The quantitative estimate of drug-likeness (QED) is 0.865. The van der Waals surface area contributed by atoms with E-state index in [9.17, 15) is 9.59 Å². The number of hydrogen-bond acceptors (Lipinski definition) is 4. The highest BCUT2D eigenvalue weighted by atomic mass is 32.2. The van der Waals surface area contributed by atoms with Crippen LogP contribution in [0.2, 0.25) is 0 Å². The fourth-order valence-electron chi connectivity index (χ4n) is 1.62. The lowest BCUT2D eigenvalue weighted by atomic mass is 10.2. The third-order valence-corrected chi connectivity index (χ3v) is 3.80. The van der Waals surface area contributed by atoms with E-state index in [4.69, 9.17) is 5.11 Å². The SMILES string of the molecule is C[C@@H](NC(=O)C1CSC(c2ccccc2)=N1)C(=O)O. The van der Waals surface area contributed by atoms with Gasteiger partial charge in [-0.2, -0.15) is 0 Å². The number of thioether (sulfide) groups is 1. The van der Waals surface area contributed by atoms with Gasteiger partial charge in [0.2, 0.25) is 5.91 Å². The normalized spacial score (nSPS) is 19.6. The predicted octanol–water partition coefficient (Wildman–Crippen LogP) is 1.14. The average molecular weight is 278 g/mol. The first-order chi connectivity index (χ1) is 9.08. The van der Waals surface area contributed by atoms with Crippen molar-refractivity contribution in [3.05, 3.63) is 35.9 Å². The molecule has 1 unspecified atom stereocenters. The lowest BCUT2D eigenvalue weighted by Gasteiger charge is -2.11. The van der Waals surface area contributed by atoms with Crippen molar-refractivity contribution in [2.75, 3.05) is 5.75 Å². The van der Waals surface area contributed by atoms with Crippen LogP contribution in [-0.2, 0) is 9.59 Å². The number of nitrogens with one attached hydrogen (secondary N) is 1. The van der Waals surface area contributed by atoms with Crippen LogP contribution in [0.15, 0.2) is 35.3 Å². The summed E-state index contributed by atoms with van der Waals surface area (Å²) < 4.78 is 0. The van der Waals surface area contributed by atoms with Crippen molar-refractivity contribution in [3.63, 3.8) is 0 Å². The van der Waals surface area contributed by atoms with Gasteiger partial charge in [-0.15, -0.1) is 11.8 Å². The van der Waals surface area contributed by atoms with Crippen LogP contribution in [-0.4, -0.2) is 39.9 Å². The molecule has 0 radical (unpaired) electrons. The number of rotatable bonds is 4. The molecule has 1 aromatic rings. The first-order valence-corrected chi connectivity index (χ1v) is 6.85. The van der Waals surface area contributed by atoms with Crippen molar-refractivity contribution >= 4 is 28.7 Å². The number of benzene rings is 1. The van der Waals surface area contributed by atoms with Crippen LogP contribution in [0.1, 0.15) is 12.5 Å². The van der Waals surface area contributed by atoms with E-state index in [1.54, 1.807) is 0 Å². The highest BCUT2D eigenvalue weighted by Crippen LogP contribution is 2.23. The standard InChI is InChI=1S/C13H14N2O3S/c1-8(13(17)18)14-11(16)10-7-19-12(15-10)9-5-3-2-4-6-9/h2-6,8,10H,7H2,1H3,(H,14,16)(H,17,18)/t8-,10?/m1/s1. The summed E-state index contributed by atoms with van der Waals surface area (Å²) in [5.41, 5.74) is 0.981. The summed E-state index contributed by atoms with van der Waals surface area (Å²) in [6.45, 7) is 1.43. The van der Waals surface area contributed by atoms with Gasteiger partial charge in [0.25, 0.3) is 0 Å². The Kier molecular flexibility index (Phi) is 4.21. The summed E-state index contributed by atoms with van der Waals surface area (Å²) in [5.74, 6) is -0.845. The van der Waals surface area contributed by atoms with Crippen LogP contribution >= 0.6 is 11.8 Å². The second kappa shape index (κ2) is 5.88. The van der Waals surface area contributed by atoms with E-state index in [2.05, 4.69) is 10.3 Å². The van der Waals surface area contributed by atoms with E-state index in [0.717, 1.165) is 10.6 Å². The second-order valence-electron chi connectivity index (χ2n) is 4.20. The molecule has 0 saturated carbocycles. The molecule has 1 aliphatic heterocycles. The highest BCUT2D eigenvalue weighted by Gasteiger charge is 2.27. The van der Waals surface area contributed by atoms with Gasteiger partial charge in [0.05, 0.1) is 5.04 Å². The Labute approximate surface area is 115 Å². The molecule has 0 spiro atoms. The molecule has 0 aromatic heterocycles. The summed E-state index contributed by atoms with van der Waals surface area (Å²) >= 11 is 1.51. The minimum atomic E-state index is -1.05. The molecule has 2 atom stereocenters. The monoisotopic (exact) mass is 278 g/mol. The van der Waals surface area contributed by atoms with Crippen LogP contribution in [0.4, 0.5) is 0 Å². The summed E-state index contributed by atoms with van der Waals surface area (Å²) in [4.78, 5) is 26.9. The van der Waals surface area contributed by atoms with E-state index in [-0.39, 0.29) is 5.91 Å². The predicted molar refractivity (Wildman–Crippen MR) is 74.5 cm³/mol. The number of aliphatic carboxylic acids is 1. The molecule has 19 heavy (non-hydrogen) atoms. The van der Waals surface area contributed by atoms with Crippen molar-refractivity contribution < 1.29 is 14.7 Å². The van der Waals surface area contributed by atoms with Gasteiger partial charge in [0.15, 0.2) is 0 Å². The zero-order valence-corrected chi connectivity index (χ0v) is 11.2. The van der Waals surface area contributed by atoms with Crippen molar-refractivity contribution in [2.24, 2.45) is 4.99 Å². The number of hydrogen-bond donors (Lipinski definition) is 2. The van der Waals surface area contributed by atoms with Crippen LogP contribution in [0.5, 0.6) is 0 Å². The molecule has 1 aromatic carbocycles. The van der Waals surface area contributed by atoms with Crippen LogP contribution in [0.25, 0.3) is 0 Å². The Bertz CT molecular complexity index is 516. The maximum Gasteiger partial charge on any atom is 0.325 e. The van der Waals surface area contributed by atoms with Crippen LogP contribution in [0.3, 0.4) is 0 Å².